The SMILES string of the molecule is C[C@@H](NCc1ccncc1Cl)c1cccc(S(N)(=O)=O)c1. The minimum atomic E-state index is -3.69. The molecule has 1 atom stereocenters. The van der Waals surface area contributed by atoms with Crippen molar-refractivity contribution >= 4 is 21.6 Å². The number of rotatable bonds is 5. The summed E-state index contributed by atoms with van der Waals surface area (Å²) in [7, 11) is -3.69. The van der Waals surface area contributed by atoms with E-state index >= 15 is 0 Å². The molecule has 0 fully saturated rings. The molecule has 0 amide bonds. The zero-order valence-corrected chi connectivity index (χ0v) is 13.0. The second-order valence-corrected chi connectivity index (χ2v) is 6.66. The van der Waals surface area contributed by atoms with Crippen molar-refractivity contribution in [1.29, 1.82) is 0 Å². The first-order valence-electron chi connectivity index (χ1n) is 6.32. The summed E-state index contributed by atoms with van der Waals surface area (Å²) in [5.74, 6) is 0. The van der Waals surface area contributed by atoms with Crippen molar-refractivity contribution in [2.75, 3.05) is 0 Å². The van der Waals surface area contributed by atoms with Gasteiger partial charge in [0.15, 0.2) is 0 Å². The van der Waals surface area contributed by atoms with Gasteiger partial charge in [-0.1, -0.05) is 23.7 Å². The average molecular weight is 326 g/mol. The van der Waals surface area contributed by atoms with Crippen LogP contribution in [0.15, 0.2) is 47.6 Å². The smallest absolute Gasteiger partial charge is 0.238 e. The first-order valence-corrected chi connectivity index (χ1v) is 8.25. The number of benzene rings is 1. The van der Waals surface area contributed by atoms with Crippen molar-refractivity contribution in [2.24, 2.45) is 5.14 Å². The van der Waals surface area contributed by atoms with Crippen LogP contribution >= 0.6 is 11.6 Å². The zero-order valence-electron chi connectivity index (χ0n) is 11.5. The van der Waals surface area contributed by atoms with Crippen LogP contribution in [0.5, 0.6) is 0 Å². The summed E-state index contributed by atoms with van der Waals surface area (Å²) in [5, 5.41) is 9.02. The molecule has 0 aliphatic heterocycles. The normalized spacial score (nSPS) is 13.1. The van der Waals surface area contributed by atoms with Gasteiger partial charge in [0, 0.05) is 25.0 Å². The fourth-order valence-electron chi connectivity index (χ4n) is 1.89. The molecule has 0 saturated carbocycles. The van der Waals surface area contributed by atoms with Crippen LogP contribution in [0.2, 0.25) is 5.02 Å². The van der Waals surface area contributed by atoms with E-state index in [0.29, 0.717) is 11.6 Å². The van der Waals surface area contributed by atoms with E-state index in [0.717, 1.165) is 11.1 Å². The van der Waals surface area contributed by atoms with Gasteiger partial charge in [0.2, 0.25) is 10.0 Å². The van der Waals surface area contributed by atoms with Gasteiger partial charge in [-0.25, -0.2) is 13.6 Å². The van der Waals surface area contributed by atoms with Gasteiger partial charge in [-0.3, -0.25) is 4.98 Å². The summed E-state index contributed by atoms with van der Waals surface area (Å²) in [5.41, 5.74) is 1.77. The second-order valence-electron chi connectivity index (χ2n) is 4.69. The summed E-state index contributed by atoms with van der Waals surface area (Å²) in [4.78, 5) is 4.04. The van der Waals surface area contributed by atoms with Gasteiger partial charge in [0.1, 0.15) is 0 Å². The highest BCUT2D eigenvalue weighted by molar-refractivity contribution is 7.89. The molecule has 2 aromatic rings. The molecule has 3 N–H and O–H groups in total. The van der Waals surface area contributed by atoms with Crippen LogP contribution in [0.1, 0.15) is 24.1 Å². The number of primary sulfonamides is 1. The Morgan fingerprint density at radius 2 is 2.14 bits per heavy atom. The molecule has 1 aromatic carbocycles. The maximum atomic E-state index is 11.4. The third-order valence-corrected chi connectivity index (χ3v) is 4.39. The van der Waals surface area contributed by atoms with E-state index in [1.165, 1.54) is 6.07 Å². The molecular formula is C14H16ClN3O2S. The first kappa shape index (κ1) is 15.9. The topological polar surface area (TPSA) is 85.1 Å². The summed E-state index contributed by atoms with van der Waals surface area (Å²) in [6, 6.07) is 8.36. The molecule has 0 bridgehead atoms. The molecule has 0 radical (unpaired) electrons. The molecule has 7 heteroatoms. The lowest BCUT2D eigenvalue weighted by Gasteiger charge is -2.15. The minimum Gasteiger partial charge on any atom is -0.306 e. The Morgan fingerprint density at radius 1 is 1.38 bits per heavy atom. The fraction of sp³-hybridized carbons (Fsp3) is 0.214. The molecule has 0 aliphatic carbocycles. The van der Waals surface area contributed by atoms with E-state index in [4.69, 9.17) is 16.7 Å². The fourth-order valence-corrected chi connectivity index (χ4v) is 2.64. The zero-order chi connectivity index (χ0) is 15.5. The Morgan fingerprint density at radius 3 is 2.81 bits per heavy atom. The van der Waals surface area contributed by atoms with Gasteiger partial charge < -0.3 is 5.32 Å². The summed E-state index contributed by atoms with van der Waals surface area (Å²) in [6.45, 7) is 2.50. The number of halogens is 1. The highest BCUT2D eigenvalue weighted by atomic mass is 35.5. The van der Waals surface area contributed by atoms with Crippen LogP contribution in [-0.2, 0) is 16.6 Å². The number of pyridine rings is 1. The molecular weight excluding hydrogens is 310 g/mol. The summed E-state index contributed by atoms with van der Waals surface area (Å²) >= 11 is 6.04. The molecule has 0 unspecified atom stereocenters. The number of nitrogens with zero attached hydrogens (tertiary/aromatic N) is 1. The van der Waals surface area contributed by atoms with Crippen LogP contribution in [0.4, 0.5) is 0 Å². The monoisotopic (exact) mass is 325 g/mol. The lowest BCUT2D eigenvalue weighted by molar-refractivity contribution is 0.572. The van der Waals surface area contributed by atoms with Crippen molar-refractivity contribution in [3.05, 3.63) is 58.9 Å². The predicted octanol–water partition coefficient (Wildman–Crippen LogP) is 2.23. The van der Waals surface area contributed by atoms with Crippen LogP contribution in [-0.4, -0.2) is 13.4 Å². The number of nitrogens with one attached hydrogen (secondary N) is 1. The maximum absolute atomic E-state index is 11.4. The van der Waals surface area contributed by atoms with Crippen molar-refractivity contribution in [1.82, 2.24) is 10.3 Å². The van der Waals surface area contributed by atoms with E-state index in [9.17, 15) is 8.42 Å². The molecule has 2 rings (SSSR count). The van der Waals surface area contributed by atoms with Crippen molar-refractivity contribution in [3.8, 4) is 0 Å². The quantitative estimate of drug-likeness (QED) is 0.882. The standard InChI is InChI=1S/C14H16ClN3O2S/c1-10(18-8-12-5-6-17-9-14(12)15)11-3-2-4-13(7-11)21(16,19)20/h2-7,9-10,18H,8H2,1H3,(H2,16,19,20)/t10-/m1/s1. The Balaban J connectivity index is 2.11. The number of hydrogen-bond donors (Lipinski definition) is 2. The molecule has 1 aromatic heterocycles. The second kappa shape index (κ2) is 6.53. The van der Waals surface area contributed by atoms with E-state index < -0.39 is 10.0 Å². The molecule has 21 heavy (non-hydrogen) atoms. The van der Waals surface area contributed by atoms with Gasteiger partial charge >= 0.3 is 0 Å². The highest BCUT2D eigenvalue weighted by Crippen LogP contribution is 2.19. The Hall–Kier alpha value is -1.47. The third kappa shape index (κ3) is 4.25. The number of aromatic nitrogens is 1. The molecule has 112 valence electrons. The first-order chi connectivity index (χ1) is 9.88. The number of hydrogen-bond acceptors (Lipinski definition) is 4. The van der Waals surface area contributed by atoms with E-state index in [-0.39, 0.29) is 10.9 Å². The van der Waals surface area contributed by atoms with Crippen LogP contribution in [0.3, 0.4) is 0 Å². The largest absolute Gasteiger partial charge is 0.306 e. The Kier molecular flexibility index (Phi) is 4.95. The third-order valence-electron chi connectivity index (χ3n) is 3.14. The van der Waals surface area contributed by atoms with E-state index in [2.05, 4.69) is 10.3 Å². The summed E-state index contributed by atoms with van der Waals surface area (Å²) < 4.78 is 22.7. The van der Waals surface area contributed by atoms with Crippen molar-refractivity contribution in [2.45, 2.75) is 24.4 Å². The Labute approximate surface area is 129 Å². The van der Waals surface area contributed by atoms with Gasteiger partial charge in [0.25, 0.3) is 0 Å². The van der Waals surface area contributed by atoms with Gasteiger partial charge in [-0.05, 0) is 36.2 Å². The van der Waals surface area contributed by atoms with E-state index in [1.54, 1.807) is 24.5 Å². The Bertz CT molecular complexity index is 735. The van der Waals surface area contributed by atoms with Gasteiger partial charge in [-0.2, -0.15) is 0 Å². The minimum absolute atomic E-state index is 0.0454. The lowest BCUT2D eigenvalue weighted by atomic mass is 10.1. The van der Waals surface area contributed by atoms with Gasteiger partial charge in [-0.15, -0.1) is 0 Å². The van der Waals surface area contributed by atoms with E-state index in [1.807, 2.05) is 19.1 Å². The summed E-state index contributed by atoms with van der Waals surface area (Å²) in [6.07, 6.45) is 3.26. The van der Waals surface area contributed by atoms with Crippen LogP contribution in [0.25, 0.3) is 0 Å². The van der Waals surface area contributed by atoms with Gasteiger partial charge in [0.05, 0.1) is 9.92 Å². The van der Waals surface area contributed by atoms with Crippen molar-refractivity contribution < 1.29 is 8.42 Å². The molecule has 5 nitrogen and oxygen atoms in total. The van der Waals surface area contributed by atoms with Crippen LogP contribution in [0, 0.1) is 0 Å². The maximum Gasteiger partial charge on any atom is 0.238 e. The number of sulfonamides is 1. The predicted molar refractivity (Wildman–Crippen MR) is 82.3 cm³/mol. The highest BCUT2D eigenvalue weighted by Gasteiger charge is 2.11. The van der Waals surface area contributed by atoms with Crippen molar-refractivity contribution in [3.63, 3.8) is 0 Å². The lowest BCUT2D eigenvalue weighted by Crippen LogP contribution is -2.19. The number of nitrogens with two attached hydrogens (primary N) is 1. The molecule has 0 aliphatic rings. The molecule has 0 saturated heterocycles. The van der Waals surface area contributed by atoms with Crippen LogP contribution < -0.4 is 10.5 Å². The molecule has 1 heterocycles. The molecule has 0 spiro atoms. The average Bonchev–Trinajstić information content (AvgIpc) is 2.45.